The number of hydrogen-bond donors (Lipinski definition) is 6. The summed E-state index contributed by atoms with van der Waals surface area (Å²) in [6.07, 6.45) is 13.2. The van der Waals surface area contributed by atoms with Crippen molar-refractivity contribution in [3.63, 3.8) is 0 Å². The van der Waals surface area contributed by atoms with Gasteiger partial charge in [0.05, 0.1) is 23.8 Å². The second kappa shape index (κ2) is 15.5. The van der Waals surface area contributed by atoms with Crippen molar-refractivity contribution in [2.45, 2.75) is 38.6 Å². The maximum atomic E-state index is 13.3. The molecule has 2 saturated carbocycles. The summed E-state index contributed by atoms with van der Waals surface area (Å²) >= 11 is 0. The highest BCUT2D eigenvalue weighted by atomic mass is 16.3. The number of rotatable bonds is 12. The van der Waals surface area contributed by atoms with Gasteiger partial charge in [-0.2, -0.15) is 10.2 Å². The minimum Gasteiger partial charge on any atom is -0.508 e. The normalized spacial score (nSPS) is 17.8. The first-order chi connectivity index (χ1) is 30.4. The van der Waals surface area contributed by atoms with Crippen LogP contribution in [0.1, 0.15) is 41.0 Å². The Kier molecular flexibility index (Phi) is 9.69. The number of nitrogen functional groups attached to an aromatic ring is 1. The molecule has 0 aliphatic heterocycles. The number of aromatic hydroxyl groups is 2. The molecule has 16 heteroatoms. The Morgan fingerprint density at radius 3 is 2.11 bits per heavy atom. The largest absolute Gasteiger partial charge is 0.508 e. The van der Waals surface area contributed by atoms with Crippen molar-refractivity contribution in [3.8, 4) is 34.0 Å². The van der Waals surface area contributed by atoms with Crippen LogP contribution in [0.15, 0.2) is 97.8 Å². The molecule has 2 aromatic carbocycles. The minimum atomic E-state index is -0.161. The summed E-state index contributed by atoms with van der Waals surface area (Å²) in [5.41, 5.74) is 12.9. The molecule has 0 radical (unpaired) electrons. The number of carbonyl (C=O) groups is 2. The Labute approximate surface area is 361 Å². The Hall–Kier alpha value is -7.88. The number of pyridine rings is 4. The molecule has 4 atom stereocenters. The predicted octanol–water partition coefficient (Wildman–Crippen LogP) is 6.85. The monoisotopic (exact) mass is 840 g/mol. The van der Waals surface area contributed by atoms with Crippen LogP contribution < -0.4 is 21.7 Å². The van der Waals surface area contributed by atoms with Crippen molar-refractivity contribution in [3.05, 3.63) is 120 Å². The van der Waals surface area contributed by atoms with E-state index in [0.29, 0.717) is 50.6 Å². The van der Waals surface area contributed by atoms with Crippen LogP contribution in [0.25, 0.3) is 44.1 Å². The number of amides is 2. The Morgan fingerprint density at radius 1 is 0.746 bits per heavy atom. The SMILES string of the molecule is Cc1ccc(O)cc1-c1cc2cc(NC(=O)[C@H]3CC3Cc3cnn(C)c3)ncc2c(NCc2ccc(O)cc2-c2cc3cc(NC(=O)[C@H]4C[C@@H]4c4cnn(C)c4)ncc3c(N)n2)n1. The molecule has 0 saturated heterocycles. The van der Waals surface area contributed by atoms with Crippen molar-refractivity contribution >= 4 is 56.6 Å². The number of carbonyl (C=O) groups excluding carboxylic acids is 2. The molecule has 0 bridgehead atoms. The van der Waals surface area contributed by atoms with E-state index in [9.17, 15) is 19.8 Å². The zero-order chi connectivity index (χ0) is 43.5. The van der Waals surface area contributed by atoms with Crippen LogP contribution >= 0.6 is 0 Å². The molecule has 6 aromatic heterocycles. The van der Waals surface area contributed by atoms with E-state index < -0.39 is 0 Å². The smallest absolute Gasteiger partial charge is 0.229 e. The van der Waals surface area contributed by atoms with Crippen LogP contribution in [0.3, 0.4) is 0 Å². The van der Waals surface area contributed by atoms with Gasteiger partial charge in [-0.05, 0) is 120 Å². The fraction of sp³-hybridized carbons (Fsp3) is 0.234. The third kappa shape index (κ3) is 8.05. The molecule has 7 N–H and O–H groups in total. The van der Waals surface area contributed by atoms with Crippen molar-refractivity contribution < 1.29 is 19.8 Å². The molecule has 6 heterocycles. The number of phenolic OH excluding ortho intramolecular Hbond substituents is 2. The molecule has 2 aliphatic carbocycles. The number of nitrogens with two attached hydrogens (primary N) is 1. The lowest BCUT2D eigenvalue weighted by atomic mass is 10.0. The van der Waals surface area contributed by atoms with Crippen LogP contribution in [0, 0.1) is 24.7 Å². The van der Waals surface area contributed by atoms with Gasteiger partial charge in [0.1, 0.15) is 34.8 Å². The highest BCUT2D eigenvalue weighted by Crippen LogP contribution is 2.48. The van der Waals surface area contributed by atoms with Gasteiger partial charge in [0, 0.05) is 79.2 Å². The number of aryl methyl sites for hydroxylation is 3. The van der Waals surface area contributed by atoms with Gasteiger partial charge in [-0.15, -0.1) is 0 Å². The quantitative estimate of drug-likeness (QED) is 0.0744. The van der Waals surface area contributed by atoms with Gasteiger partial charge in [-0.3, -0.25) is 19.0 Å². The fourth-order valence-electron chi connectivity index (χ4n) is 8.49. The van der Waals surface area contributed by atoms with Gasteiger partial charge in [-0.25, -0.2) is 19.9 Å². The van der Waals surface area contributed by atoms with Crippen LogP contribution in [-0.2, 0) is 36.6 Å². The number of hydrogen-bond acceptors (Lipinski definition) is 12. The first-order valence-electron chi connectivity index (χ1n) is 20.7. The van der Waals surface area contributed by atoms with Gasteiger partial charge in [0.15, 0.2) is 0 Å². The second-order valence-corrected chi connectivity index (χ2v) is 16.7. The van der Waals surface area contributed by atoms with Crippen molar-refractivity contribution in [2.75, 3.05) is 21.7 Å². The fourth-order valence-corrected chi connectivity index (χ4v) is 8.49. The van der Waals surface area contributed by atoms with Crippen LogP contribution in [-0.4, -0.2) is 61.5 Å². The summed E-state index contributed by atoms with van der Waals surface area (Å²) in [7, 11) is 3.74. The standard InChI is InChI=1S/C47H44N12O4/c1-24-4-6-31(60)14-33(24)40-11-29-13-43(56-46(62)36-9-27(36)8-25-17-52-58(2)22-25)50-21-39(29)45(55-40)51-18-26-5-7-32(61)15-35(26)41-10-28-12-42(49-20-38(28)44(48)54-41)57-47(63)37-16-34(37)30-19-53-59(3)23-30/h4-7,10-15,17,19-23,27,34,36-37,60-61H,8-9,16,18H2,1-3H3,(H2,48,54)(H,51,55)(H,49,57,63)(H,50,56,62)/t27?,34-,36+,37+/m1/s1. The molecular formula is C47H44N12O4. The molecule has 10 rings (SSSR count). The number of nitrogens with one attached hydrogen (secondary N) is 3. The van der Waals surface area contributed by atoms with Crippen LogP contribution in [0.2, 0.25) is 0 Å². The summed E-state index contributed by atoms with van der Waals surface area (Å²) in [5, 5.41) is 42.0. The van der Waals surface area contributed by atoms with E-state index in [0.717, 1.165) is 52.5 Å². The van der Waals surface area contributed by atoms with E-state index in [4.69, 9.17) is 15.7 Å². The third-order valence-corrected chi connectivity index (χ3v) is 12.1. The average molecular weight is 841 g/mol. The van der Waals surface area contributed by atoms with E-state index in [1.54, 1.807) is 58.3 Å². The highest BCUT2D eigenvalue weighted by Gasteiger charge is 2.45. The molecule has 8 aromatic rings. The van der Waals surface area contributed by atoms with Gasteiger partial charge in [0.2, 0.25) is 11.8 Å². The molecule has 0 spiro atoms. The number of nitrogens with zero attached hydrogens (tertiary/aromatic N) is 8. The first kappa shape index (κ1) is 39.3. The van der Waals surface area contributed by atoms with E-state index in [1.165, 1.54) is 0 Å². The van der Waals surface area contributed by atoms with Gasteiger partial charge >= 0.3 is 0 Å². The summed E-state index contributed by atoms with van der Waals surface area (Å²) in [6.45, 7) is 2.21. The van der Waals surface area contributed by atoms with Gasteiger partial charge in [-0.1, -0.05) is 12.1 Å². The highest BCUT2D eigenvalue weighted by molar-refractivity contribution is 6.00. The lowest BCUT2D eigenvalue weighted by Gasteiger charge is -2.16. The zero-order valence-corrected chi connectivity index (χ0v) is 34.7. The zero-order valence-electron chi connectivity index (χ0n) is 34.7. The summed E-state index contributed by atoms with van der Waals surface area (Å²) in [4.78, 5) is 45.4. The van der Waals surface area contributed by atoms with Crippen molar-refractivity contribution in [2.24, 2.45) is 31.8 Å². The van der Waals surface area contributed by atoms with Crippen LogP contribution in [0.5, 0.6) is 11.5 Å². The number of anilines is 4. The molecule has 63 heavy (non-hydrogen) atoms. The third-order valence-electron chi connectivity index (χ3n) is 12.1. The summed E-state index contributed by atoms with van der Waals surface area (Å²) in [6, 6.07) is 17.6. The molecule has 1 unspecified atom stereocenters. The average Bonchev–Trinajstić information content (AvgIpc) is 4.15. The summed E-state index contributed by atoms with van der Waals surface area (Å²) < 4.78 is 3.50. The Balaban J connectivity index is 0.921. The minimum absolute atomic E-state index is 0.0443. The maximum Gasteiger partial charge on any atom is 0.229 e. The van der Waals surface area contributed by atoms with E-state index >= 15 is 0 Å². The molecule has 2 amide bonds. The Morgan fingerprint density at radius 2 is 1.40 bits per heavy atom. The Bertz CT molecular complexity index is 3120. The van der Waals surface area contributed by atoms with E-state index in [-0.39, 0.29) is 59.3 Å². The first-order valence-corrected chi connectivity index (χ1v) is 20.7. The lowest BCUT2D eigenvalue weighted by molar-refractivity contribution is -0.118. The summed E-state index contributed by atoms with van der Waals surface area (Å²) in [5.74, 6) is 1.68. The molecule has 2 aliphatic rings. The van der Waals surface area contributed by atoms with Crippen molar-refractivity contribution in [1.82, 2.24) is 39.5 Å². The van der Waals surface area contributed by atoms with Crippen LogP contribution in [0.4, 0.5) is 23.3 Å². The van der Waals surface area contributed by atoms with Gasteiger partial charge < -0.3 is 31.9 Å². The molecule has 2 fully saturated rings. The predicted molar refractivity (Wildman–Crippen MR) is 240 cm³/mol. The number of phenols is 2. The topological polar surface area (TPSA) is 224 Å². The van der Waals surface area contributed by atoms with Gasteiger partial charge in [0.25, 0.3) is 0 Å². The molecular weight excluding hydrogens is 797 g/mol. The van der Waals surface area contributed by atoms with E-state index in [1.807, 2.05) is 69.9 Å². The molecule has 16 nitrogen and oxygen atoms in total. The van der Waals surface area contributed by atoms with Crippen molar-refractivity contribution in [1.29, 1.82) is 0 Å². The lowest BCUT2D eigenvalue weighted by Crippen LogP contribution is -2.16. The number of aromatic nitrogens is 8. The second-order valence-electron chi connectivity index (χ2n) is 16.7. The number of fused-ring (bicyclic) bond motifs is 2. The maximum absolute atomic E-state index is 13.3. The molecule has 316 valence electrons. The van der Waals surface area contributed by atoms with E-state index in [2.05, 4.69) is 36.1 Å². The number of benzene rings is 2.